The minimum Gasteiger partial charge on any atom is -0.495 e. The van der Waals surface area contributed by atoms with Crippen molar-refractivity contribution in [1.82, 2.24) is 4.98 Å². The van der Waals surface area contributed by atoms with Crippen molar-refractivity contribution in [1.29, 1.82) is 0 Å². The van der Waals surface area contributed by atoms with Crippen LogP contribution < -0.4 is 9.46 Å². The zero-order chi connectivity index (χ0) is 16.3. The van der Waals surface area contributed by atoms with Gasteiger partial charge in [0, 0.05) is 6.07 Å². The van der Waals surface area contributed by atoms with Crippen LogP contribution in [0, 0.1) is 15.9 Å². The third-order valence-electron chi connectivity index (χ3n) is 2.61. The molecule has 1 heterocycles. The SMILES string of the molecule is COc1cc([N+](=O)[O-])ccc1S(=O)(=O)Nc1ccc(F)cn1. The van der Waals surface area contributed by atoms with Crippen LogP contribution >= 0.6 is 0 Å². The number of nitro benzene ring substituents is 1. The number of halogens is 1. The predicted molar refractivity (Wildman–Crippen MR) is 74.7 cm³/mol. The summed E-state index contributed by atoms with van der Waals surface area (Å²) in [6.07, 6.45) is 0.852. The van der Waals surface area contributed by atoms with Crippen LogP contribution in [-0.4, -0.2) is 25.4 Å². The molecule has 1 aromatic carbocycles. The van der Waals surface area contributed by atoms with Gasteiger partial charge in [-0.1, -0.05) is 0 Å². The van der Waals surface area contributed by atoms with E-state index >= 15 is 0 Å². The van der Waals surface area contributed by atoms with Gasteiger partial charge < -0.3 is 4.74 Å². The summed E-state index contributed by atoms with van der Waals surface area (Å²) in [5, 5.41) is 10.7. The zero-order valence-electron chi connectivity index (χ0n) is 11.2. The molecule has 10 heteroatoms. The Hall–Kier alpha value is -2.75. The number of rotatable bonds is 5. The number of nitrogens with zero attached hydrogens (tertiary/aromatic N) is 2. The van der Waals surface area contributed by atoms with Crippen molar-refractivity contribution < 1.29 is 22.5 Å². The van der Waals surface area contributed by atoms with Crippen LogP contribution in [0.1, 0.15) is 0 Å². The Labute approximate surface area is 124 Å². The van der Waals surface area contributed by atoms with Gasteiger partial charge in [-0.3, -0.25) is 14.8 Å². The summed E-state index contributed by atoms with van der Waals surface area (Å²) in [4.78, 5) is 13.3. The fraction of sp³-hybridized carbons (Fsp3) is 0.0833. The van der Waals surface area contributed by atoms with E-state index < -0.39 is 20.8 Å². The molecule has 2 rings (SSSR count). The first-order valence-electron chi connectivity index (χ1n) is 5.80. The Balaban J connectivity index is 2.40. The van der Waals surface area contributed by atoms with Gasteiger partial charge in [0.2, 0.25) is 0 Å². The van der Waals surface area contributed by atoms with Crippen LogP contribution in [0.4, 0.5) is 15.9 Å². The van der Waals surface area contributed by atoms with Crippen molar-refractivity contribution in [2.45, 2.75) is 4.90 Å². The smallest absolute Gasteiger partial charge is 0.273 e. The molecular formula is C12H10FN3O5S. The largest absolute Gasteiger partial charge is 0.495 e. The second-order valence-electron chi connectivity index (χ2n) is 4.06. The third-order valence-corrected chi connectivity index (χ3v) is 4.01. The van der Waals surface area contributed by atoms with E-state index in [9.17, 15) is 22.9 Å². The Kier molecular flexibility index (Phi) is 4.22. The van der Waals surface area contributed by atoms with Gasteiger partial charge in [-0.2, -0.15) is 0 Å². The molecule has 0 aliphatic heterocycles. The number of hydrogen-bond acceptors (Lipinski definition) is 6. The number of nitro groups is 1. The van der Waals surface area contributed by atoms with Crippen LogP contribution in [0.5, 0.6) is 5.75 Å². The summed E-state index contributed by atoms with van der Waals surface area (Å²) < 4.78 is 44.3. The summed E-state index contributed by atoms with van der Waals surface area (Å²) in [5.41, 5.74) is -0.310. The van der Waals surface area contributed by atoms with E-state index in [1.807, 2.05) is 0 Å². The minimum absolute atomic E-state index is 0.0956. The van der Waals surface area contributed by atoms with Crippen molar-refractivity contribution in [3.63, 3.8) is 0 Å². The molecule has 0 fully saturated rings. The molecule has 116 valence electrons. The van der Waals surface area contributed by atoms with Crippen molar-refractivity contribution in [3.05, 3.63) is 52.5 Å². The molecular weight excluding hydrogens is 317 g/mol. The molecule has 0 bridgehead atoms. The van der Waals surface area contributed by atoms with Crippen molar-refractivity contribution >= 4 is 21.5 Å². The van der Waals surface area contributed by atoms with Crippen molar-refractivity contribution in [2.75, 3.05) is 11.8 Å². The van der Waals surface area contributed by atoms with E-state index in [0.717, 1.165) is 36.5 Å². The van der Waals surface area contributed by atoms with E-state index in [1.54, 1.807) is 0 Å². The Morgan fingerprint density at radius 1 is 1.32 bits per heavy atom. The number of aromatic nitrogens is 1. The molecule has 0 radical (unpaired) electrons. The number of benzene rings is 1. The highest BCUT2D eigenvalue weighted by Gasteiger charge is 2.22. The summed E-state index contributed by atoms with van der Waals surface area (Å²) >= 11 is 0. The van der Waals surface area contributed by atoms with Crippen LogP contribution in [0.2, 0.25) is 0 Å². The second kappa shape index (κ2) is 5.93. The highest BCUT2D eigenvalue weighted by atomic mass is 32.2. The average molecular weight is 327 g/mol. The first-order valence-corrected chi connectivity index (χ1v) is 7.28. The van der Waals surface area contributed by atoms with Crippen LogP contribution in [0.15, 0.2) is 41.4 Å². The van der Waals surface area contributed by atoms with E-state index in [-0.39, 0.29) is 22.2 Å². The third kappa shape index (κ3) is 3.28. The van der Waals surface area contributed by atoms with Gasteiger partial charge in [0.15, 0.2) is 0 Å². The van der Waals surface area contributed by atoms with Crippen LogP contribution in [0.25, 0.3) is 0 Å². The highest BCUT2D eigenvalue weighted by molar-refractivity contribution is 7.92. The zero-order valence-corrected chi connectivity index (χ0v) is 12.0. The van der Waals surface area contributed by atoms with Gasteiger partial charge in [0.25, 0.3) is 15.7 Å². The molecule has 2 aromatic rings. The summed E-state index contributed by atoms with van der Waals surface area (Å²) in [5.74, 6) is -0.901. The Morgan fingerprint density at radius 2 is 2.05 bits per heavy atom. The number of pyridine rings is 1. The van der Waals surface area contributed by atoms with Crippen LogP contribution in [0.3, 0.4) is 0 Å². The number of ether oxygens (including phenoxy) is 1. The van der Waals surface area contributed by atoms with Crippen LogP contribution in [-0.2, 0) is 10.0 Å². The normalized spacial score (nSPS) is 11.0. The van der Waals surface area contributed by atoms with Crippen molar-refractivity contribution in [2.24, 2.45) is 0 Å². The standard InChI is InChI=1S/C12H10FN3O5S/c1-21-10-6-9(16(17)18)3-4-11(10)22(19,20)15-12-5-2-8(13)7-14-12/h2-7H,1H3,(H,14,15). The Morgan fingerprint density at radius 3 is 2.59 bits per heavy atom. The lowest BCUT2D eigenvalue weighted by atomic mass is 10.3. The number of methoxy groups -OCH3 is 1. The molecule has 1 N–H and O–H groups in total. The molecule has 1 aromatic heterocycles. The van der Waals surface area contributed by atoms with Gasteiger partial charge in [0.05, 0.1) is 24.3 Å². The van der Waals surface area contributed by atoms with Gasteiger partial charge in [0.1, 0.15) is 22.3 Å². The first-order chi connectivity index (χ1) is 10.3. The van der Waals surface area contributed by atoms with E-state index in [4.69, 9.17) is 4.74 Å². The van der Waals surface area contributed by atoms with Gasteiger partial charge in [-0.05, 0) is 18.2 Å². The molecule has 0 aliphatic rings. The van der Waals surface area contributed by atoms with Crippen molar-refractivity contribution in [3.8, 4) is 5.75 Å². The topological polar surface area (TPSA) is 111 Å². The monoisotopic (exact) mass is 327 g/mol. The number of anilines is 1. The fourth-order valence-electron chi connectivity index (χ4n) is 1.62. The molecule has 0 spiro atoms. The maximum atomic E-state index is 12.8. The summed E-state index contributed by atoms with van der Waals surface area (Å²) in [6.45, 7) is 0. The molecule has 0 saturated carbocycles. The quantitative estimate of drug-likeness (QED) is 0.663. The molecule has 0 amide bonds. The average Bonchev–Trinajstić information content (AvgIpc) is 2.48. The number of non-ortho nitro benzene ring substituents is 1. The maximum absolute atomic E-state index is 12.8. The number of hydrogen-bond donors (Lipinski definition) is 1. The summed E-state index contributed by atoms with van der Waals surface area (Å²) in [6, 6.07) is 5.26. The Bertz CT molecular complexity index is 808. The summed E-state index contributed by atoms with van der Waals surface area (Å²) in [7, 11) is -2.91. The highest BCUT2D eigenvalue weighted by Crippen LogP contribution is 2.29. The van der Waals surface area contributed by atoms with Gasteiger partial charge in [-0.25, -0.2) is 17.8 Å². The number of sulfonamides is 1. The first kappa shape index (κ1) is 15.6. The minimum atomic E-state index is -4.09. The van der Waals surface area contributed by atoms with E-state index in [1.165, 1.54) is 7.11 Å². The van der Waals surface area contributed by atoms with Gasteiger partial charge >= 0.3 is 0 Å². The predicted octanol–water partition coefficient (Wildman–Crippen LogP) is 1.94. The van der Waals surface area contributed by atoms with Gasteiger partial charge in [-0.15, -0.1) is 0 Å². The molecule has 0 unspecified atom stereocenters. The molecule has 0 aliphatic carbocycles. The lowest BCUT2D eigenvalue weighted by molar-refractivity contribution is -0.385. The lowest BCUT2D eigenvalue weighted by Crippen LogP contribution is -2.15. The molecule has 0 atom stereocenters. The maximum Gasteiger partial charge on any atom is 0.273 e. The molecule has 0 saturated heterocycles. The fourth-order valence-corrected chi connectivity index (χ4v) is 2.78. The lowest BCUT2D eigenvalue weighted by Gasteiger charge is -2.10. The number of nitrogens with one attached hydrogen (secondary N) is 1. The van der Waals surface area contributed by atoms with E-state index in [0.29, 0.717) is 0 Å². The molecule has 8 nitrogen and oxygen atoms in total. The second-order valence-corrected chi connectivity index (χ2v) is 5.71. The molecule has 22 heavy (non-hydrogen) atoms. The van der Waals surface area contributed by atoms with E-state index in [2.05, 4.69) is 9.71 Å².